The fourth-order valence-corrected chi connectivity index (χ4v) is 3.78. The molecule has 1 aromatic heterocycles. The molecule has 0 saturated carbocycles. The maximum atomic E-state index is 12.4. The topological polar surface area (TPSA) is 51.0 Å². The zero-order valence-electron chi connectivity index (χ0n) is 13.7. The first-order valence-electron chi connectivity index (χ1n) is 8.15. The van der Waals surface area contributed by atoms with E-state index < -0.39 is 0 Å². The minimum Gasteiger partial charge on any atom is -0.275 e. The summed E-state index contributed by atoms with van der Waals surface area (Å²) in [6, 6.07) is 17.6. The number of carbonyl (C=O) groups is 1. The van der Waals surface area contributed by atoms with Crippen LogP contribution in [0.25, 0.3) is 0 Å². The van der Waals surface area contributed by atoms with Crippen molar-refractivity contribution in [3.05, 3.63) is 77.1 Å². The van der Waals surface area contributed by atoms with Crippen LogP contribution in [0.1, 0.15) is 36.6 Å². The number of aromatic nitrogens is 3. The van der Waals surface area contributed by atoms with Crippen molar-refractivity contribution in [2.75, 3.05) is 4.90 Å². The van der Waals surface area contributed by atoms with E-state index in [-0.39, 0.29) is 18.0 Å². The van der Waals surface area contributed by atoms with Gasteiger partial charge < -0.3 is 0 Å². The van der Waals surface area contributed by atoms with E-state index >= 15 is 0 Å². The molecule has 0 saturated heterocycles. The fourth-order valence-electron chi connectivity index (χ4n) is 3.52. The Labute approximate surface area is 150 Å². The van der Waals surface area contributed by atoms with E-state index in [9.17, 15) is 4.79 Å². The van der Waals surface area contributed by atoms with Gasteiger partial charge in [-0.1, -0.05) is 60.1 Å². The summed E-state index contributed by atoms with van der Waals surface area (Å²) in [6.45, 7) is 1.56. The number of anilines is 1. The van der Waals surface area contributed by atoms with Crippen LogP contribution in [0.2, 0.25) is 5.02 Å². The Morgan fingerprint density at radius 3 is 2.52 bits per heavy atom. The SMILES string of the molecule is CC(=O)N1c2ncnn2[C@@H](c2ccccc2Cl)C[C@@H]1c1ccccc1. The maximum absolute atomic E-state index is 12.4. The highest BCUT2D eigenvalue weighted by atomic mass is 35.5. The molecular weight excluding hydrogens is 336 g/mol. The molecule has 6 heteroatoms. The molecule has 0 bridgehead atoms. The Morgan fingerprint density at radius 2 is 1.80 bits per heavy atom. The van der Waals surface area contributed by atoms with Crippen LogP contribution in [0.15, 0.2) is 60.9 Å². The molecule has 2 aromatic carbocycles. The van der Waals surface area contributed by atoms with E-state index in [2.05, 4.69) is 10.1 Å². The van der Waals surface area contributed by atoms with Crippen LogP contribution in [0.4, 0.5) is 5.95 Å². The van der Waals surface area contributed by atoms with Gasteiger partial charge in [-0.15, -0.1) is 0 Å². The molecule has 0 radical (unpaired) electrons. The summed E-state index contributed by atoms with van der Waals surface area (Å²) >= 11 is 6.44. The number of halogens is 1. The molecule has 5 nitrogen and oxygen atoms in total. The van der Waals surface area contributed by atoms with Gasteiger partial charge in [-0.05, 0) is 23.6 Å². The number of benzene rings is 2. The highest BCUT2D eigenvalue weighted by Crippen LogP contribution is 2.43. The summed E-state index contributed by atoms with van der Waals surface area (Å²) in [4.78, 5) is 18.4. The minimum absolute atomic E-state index is 0.0549. The van der Waals surface area contributed by atoms with Crippen LogP contribution >= 0.6 is 11.6 Å². The summed E-state index contributed by atoms with van der Waals surface area (Å²) in [5.41, 5.74) is 2.06. The van der Waals surface area contributed by atoms with E-state index in [0.29, 0.717) is 17.4 Å². The Balaban J connectivity index is 1.87. The third-order valence-electron chi connectivity index (χ3n) is 4.61. The second-order valence-corrected chi connectivity index (χ2v) is 6.50. The Morgan fingerprint density at radius 1 is 1.08 bits per heavy atom. The monoisotopic (exact) mass is 352 g/mol. The van der Waals surface area contributed by atoms with Crippen LogP contribution in [0.3, 0.4) is 0 Å². The number of amides is 1. The first kappa shape index (κ1) is 15.8. The molecule has 2 heterocycles. The van der Waals surface area contributed by atoms with Crippen LogP contribution < -0.4 is 4.90 Å². The number of hydrogen-bond acceptors (Lipinski definition) is 3. The van der Waals surface area contributed by atoms with E-state index in [1.807, 2.05) is 54.6 Å². The van der Waals surface area contributed by atoms with Gasteiger partial charge in [-0.3, -0.25) is 9.69 Å². The van der Waals surface area contributed by atoms with E-state index in [4.69, 9.17) is 11.6 Å². The molecule has 0 spiro atoms. The van der Waals surface area contributed by atoms with Gasteiger partial charge in [-0.25, -0.2) is 4.68 Å². The third kappa shape index (κ3) is 2.70. The second-order valence-electron chi connectivity index (χ2n) is 6.09. The number of hydrogen-bond donors (Lipinski definition) is 0. The van der Waals surface area contributed by atoms with Crippen molar-refractivity contribution in [1.29, 1.82) is 0 Å². The first-order chi connectivity index (χ1) is 12.2. The smallest absolute Gasteiger partial charge is 0.231 e. The summed E-state index contributed by atoms with van der Waals surface area (Å²) in [5, 5.41) is 5.06. The van der Waals surface area contributed by atoms with Crippen LogP contribution in [-0.2, 0) is 4.79 Å². The van der Waals surface area contributed by atoms with Gasteiger partial charge in [0.25, 0.3) is 0 Å². The Hall–Kier alpha value is -2.66. The lowest BCUT2D eigenvalue weighted by Gasteiger charge is -2.38. The summed E-state index contributed by atoms with van der Waals surface area (Å²) in [7, 11) is 0. The van der Waals surface area contributed by atoms with E-state index in [1.165, 1.54) is 6.33 Å². The number of carbonyl (C=O) groups excluding carboxylic acids is 1. The van der Waals surface area contributed by atoms with Crippen molar-refractivity contribution in [3.8, 4) is 0 Å². The van der Waals surface area contributed by atoms with Gasteiger partial charge in [0.1, 0.15) is 6.33 Å². The van der Waals surface area contributed by atoms with Crippen molar-refractivity contribution >= 4 is 23.5 Å². The van der Waals surface area contributed by atoms with Crippen molar-refractivity contribution in [3.63, 3.8) is 0 Å². The predicted octanol–water partition coefficient (Wildman–Crippen LogP) is 4.02. The van der Waals surface area contributed by atoms with E-state index in [0.717, 1.165) is 11.1 Å². The molecular formula is C19H17ClN4O. The van der Waals surface area contributed by atoms with Gasteiger partial charge in [0, 0.05) is 11.9 Å². The quantitative estimate of drug-likeness (QED) is 0.700. The maximum Gasteiger partial charge on any atom is 0.231 e. The molecule has 2 atom stereocenters. The molecule has 25 heavy (non-hydrogen) atoms. The molecule has 0 N–H and O–H groups in total. The van der Waals surface area contributed by atoms with Gasteiger partial charge in [0.15, 0.2) is 0 Å². The van der Waals surface area contributed by atoms with Gasteiger partial charge in [0.05, 0.1) is 12.1 Å². The van der Waals surface area contributed by atoms with Crippen LogP contribution in [0.5, 0.6) is 0 Å². The number of nitrogens with zero attached hydrogens (tertiary/aromatic N) is 4. The summed E-state index contributed by atoms with van der Waals surface area (Å²) < 4.78 is 1.79. The van der Waals surface area contributed by atoms with Crippen molar-refractivity contribution in [2.24, 2.45) is 0 Å². The second kappa shape index (κ2) is 6.33. The molecule has 1 amide bonds. The predicted molar refractivity (Wildman–Crippen MR) is 96.6 cm³/mol. The average Bonchev–Trinajstić information content (AvgIpc) is 3.11. The minimum atomic E-state index is -0.114. The lowest BCUT2D eigenvalue weighted by molar-refractivity contribution is -0.117. The van der Waals surface area contributed by atoms with Gasteiger partial charge in [0.2, 0.25) is 11.9 Å². The molecule has 0 unspecified atom stereocenters. The molecule has 3 aromatic rings. The summed E-state index contributed by atoms with van der Waals surface area (Å²) in [5.74, 6) is 0.498. The largest absolute Gasteiger partial charge is 0.275 e. The van der Waals surface area contributed by atoms with Crippen molar-refractivity contribution in [2.45, 2.75) is 25.4 Å². The van der Waals surface area contributed by atoms with Crippen molar-refractivity contribution < 1.29 is 4.79 Å². The zero-order valence-corrected chi connectivity index (χ0v) is 14.5. The molecule has 4 rings (SSSR count). The van der Waals surface area contributed by atoms with Gasteiger partial charge in [-0.2, -0.15) is 10.1 Å². The normalized spacial score (nSPS) is 19.5. The average molecular weight is 353 g/mol. The number of rotatable bonds is 2. The Kier molecular flexibility index (Phi) is 4.01. The number of fused-ring (bicyclic) bond motifs is 1. The molecule has 1 aliphatic heterocycles. The lowest BCUT2D eigenvalue weighted by Crippen LogP contribution is -2.41. The molecule has 1 aliphatic rings. The molecule has 0 aliphatic carbocycles. The zero-order chi connectivity index (χ0) is 17.4. The van der Waals surface area contributed by atoms with Crippen LogP contribution in [0, 0.1) is 0 Å². The standard InChI is InChI=1S/C19H17ClN4O/c1-13(25)23-17(14-7-3-2-4-8-14)11-18(24-19(23)21-12-22-24)15-9-5-6-10-16(15)20/h2-10,12,17-18H,11H2,1H3/t17-,18-/m1/s1. The summed E-state index contributed by atoms with van der Waals surface area (Å²) in [6.07, 6.45) is 2.17. The fraction of sp³-hybridized carbons (Fsp3) is 0.211. The Bertz CT molecular complexity index is 909. The molecule has 126 valence electrons. The van der Waals surface area contributed by atoms with E-state index in [1.54, 1.807) is 16.5 Å². The highest BCUT2D eigenvalue weighted by molar-refractivity contribution is 6.31. The third-order valence-corrected chi connectivity index (χ3v) is 4.96. The first-order valence-corrected chi connectivity index (χ1v) is 8.53. The highest BCUT2D eigenvalue weighted by Gasteiger charge is 2.38. The van der Waals surface area contributed by atoms with Crippen LogP contribution in [-0.4, -0.2) is 20.7 Å². The van der Waals surface area contributed by atoms with Gasteiger partial charge >= 0.3 is 0 Å². The molecule has 0 fully saturated rings. The van der Waals surface area contributed by atoms with Crippen molar-refractivity contribution in [1.82, 2.24) is 14.8 Å². The lowest BCUT2D eigenvalue weighted by atomic mass is 9.92.